The van der Waals surface area contributed by atoms with Gasteiger partial charge in [0, 0.05) is 0 Å². The summed E-state index contributed by atoms with van der Waals surface area (Å²) < 4.78 is 141. The second kappa shape index (κ2) is 10.7. The average Bonchev–Trinajstić information content (AvgIpc) is 2.53. The Balaban J connectivity index is 3.85. The SMILES string of the molecule is O=S(=O)(O)OC1C(OOO)C(OOO)C(OS(=O)(=O)O)C(OS(=O)(=O)O)C1OS(=O)(=O)O. The lowest BCUT2D eigenvalue weighted by Crippen LogP contribution is -2.68. The zero-order valence-electron chi connectivity index (χ0n) is 14.3. The molecule has 26 heteroatoms. The van der Waals surface area contributed by atoms with Gasteiger partial charge in [-0.25, -0.2) is 27.2 Å². The van der Waals surface area contributed by atoms with Gasteiger partial charge in [0.15, 0.2) is 12.2 Å². The first kappa shape index (κ1) is 29.3. The predicted octanol–water partition coefficient (Wildman–Crippen LogP) is -3.67. The highest BCUT2D eigenvalue weighted by molar-refractivity contribution is 7.81. The second-order valence-corrected chi connectivity index (χ2v) is 9.42. The van der Waals surface area contributed by atoms with Gasteiger partial charge in [0.1, 0.15) is 24.4 Å². The zero-order valence-corrected chi connectivity index (χ0v) is 17.6. The summed E-state index contributed by atoms with van der Waals surface area (Å²) in [6.07, 6.45) is -17.2. The first-order valence-corrected chi connectivity index (χ1v) is 12.3. The largest absolute Gasteiger partial charge is 0.397 e. The monoisotopic (exact) mass is 564 g/mol. The third-order valence-corrected chi connectivity index (χ3v) is 5.04. The lowest BCUT2D eigenvalue weighted by molar-refractivity contribution is -0.558. The fourth-order valence-corrected chi connectivity index (χ4v) is 4.44. The van der Waals surface area contributed by atoms with Crippen molar-refractivity contribution >= 4 is 41.6 Å². The molecular weight excluding hydrogens is 552 g/mol. The van der Waals surface area contributed by atoms with E-state index in [0.29, 0.717) is 0 Å². The van der Waals surface area contributed by atoms with Crippen LogP contribution in [-0.4, -0.2) is 99.0 Å². The summed E-state index contributed by atoms with van der Waals surface area (Å²) in [5.41, 5.74) is 0. The predicted molar refractivity (Wildman–Crippen MR) is 82.9 cm³/mol. The molecule has 6 atom stereocenters. The first-order valence-electron chi connectivity index (χ1n) is 6.84. The van der Waals surface area contributed by atoms with E-state index in [1.54, 1.807) is 0 Å². The summed E-state index contributed by atoms with van der Waals surface area (Å²) in [6, 6.07) is 0. The van der Waals surface area contributed by atoms with E-state index in [4.69, 9.17) is 28.7 Å². The van der Waals surface area contributed by atoms with Crippen molar-refractivity contribution in [2.45, 2.75) is 36.6 Å². The van der Waals surface area contributed by atoms with Crippen LogP contribution >= 0.6 is 0 Å². The molecule has 0 amide bonds. The van der Waals surface area contributed by atoms with E-state index in [1.165, 1.54) is 0 Å². The fraction of sp³-hybridized carbons (Fsp3) is 1.00. The molecule has 0 bridgehead atoms. The van der Waals surface area contributed by atoms with Crippen molar-refractivity contribution in [2.75, 3.05) is 0 Å². The van der Waals surface area contributed by atoms with E-state index in [2.05, 4.69) is 36.6 Å². The Labute approximate surface area is 177 Å². The summed E-state index contributed by atoms with van der Waals surface area (Å²) in [5, 5.41) is 23.3. The molecule has 22 nitrogen and oxygen atoms in total. The molecular formula is C6H12O22S4. The van der Waals surface area contributed by atoms with Gasteiger partial charge in [-0.15, -0.1) is 0 Å². The van der Waals surface area contributed by atoms with E-state index in [9.17, 15) is 33.7 Å². The van der Waals surface area contributed by atoms with Crippen molar-refractivity contribution in [1.29, 1.82) is 0 Å². The standard InChI is InChI=1S/C6H12O22S4/c7-27-21-1-2(22-28-8)4(24-30(12,13)14)6(26-32(18,19)20)5(25-31(15,16)17)3(1)23-29(9,10)11/h1-8H,(H,9,10,11)(H,12,13,14)(H,15,16,17)(H,18,19,20). The quantitative estimate of drug-likeness (QED) is 0.0754. The van der Waals surface area contributed by atoms with Crippen LogP contribution in [0.5, 0.6) is 0 Å². The third kappa shape index (κ3) is 9.62. The molecule has 0 spiro atoms. The summed E-state index contributed by atoms with van der Waals surface area (Å²) >= 11 is 0. The first-order chi connectivity index (χ1) is 14.3. The number of hydrogen-bond acceptors (Lipinski definition) is 18. The normalized spacial score (nSPS) is 30.3. The molecule has 6 unspecified atom stereocenters. The van der Waals surface area contributed by atoms with Gasteiger partial charge < -0.3 is 0 Å². The van der Waals surface area contributed by atoms with Crippen LogP contribution in [0.1, 0.15) is 0 Å². The molecule has 1 rings (SSSR count). The Bertz CT molecular complexity index is 954. The van der Waals surface area contributed by atoms with Gasteiger partial charge in [-0.2, -0.15) is 43.4 Å². The van der Waals surface area contributed by atoms with Gasteiger partial charge in [-0.05, 0) is 0 Å². The minimum atomic E-state index is -5.80. The smallest absolute Gasteiger partial charge is 0.264 e. The Morgan fingerprint density at radius 3 is 0.750 bits per heavy atom. The maximum atomic E-state index is 11.2. The van der Waals surface area contributed by atoms with Gasteiger partial charge in [0.05, 0.1) is 0 Å². The van der Waals surface area contributed by atoms with Crippen LogP contribution in [0.4, 0.5) is 0 Å². The van der Waals surface area contributed by atoms with E-state index in [1.807, 2.05) is 0 Å². The topological polar surface area (TPSA) is 332 Å². The van der Waals surface area contributed by atoms with Crippen molar-refractivity contribution in [3.63, 3.8) is 0 Å². The molecule has 0 heterocycles. The summed E-state index contributed by atoms with van der Waals surface area (Å²) in [6.45, 7) is 0. The van der Waals surface area contributed by atoms with Gasteiger partial charge >= 0.3 is 41.6 Å². The van der Waals surface area contributed by atoms with Crippen LogP contribution in [0.15, 0.2) is 0 Å². The van der Waals surface area contributed by atoms with Crippen LogP contribution in [-0.2, 0) is 78.2 Å². The zero-order chi connectivity index (χ0) is 25.1. The molecule has 1 saturated carbocycles. The summed E-state index contributed by atoms with van der Waals surface area (Å²) in [7, 11) is -23.1. The van der Waals surface area contributed by atoms with E-state index >= 15 is 0 Å². The van der Waals surface area contributed by atoms with Crippen LogP contribution in [0.3, 0.4) is 0 Å². The molecule has 6 N–H and O–H groups in total. The molecule has 0 aromatic carbocycles. The van der Waals surface area contributed by atoms with E-state index < -0.39 is 78.2 Å². The van der Waals surface area contributed by atoms with Gasteiger partial charge in [0.2, 0.25) is 0 Å². The van der Waals surface area contributed by atoms with Crippen LogP contribution < -0.4 is 0 Å². The minimum Gasteiger partial charge on any atom is -0.264 e. The van der Waals surface area contributed by atoms with Crippen LogP contribution in [0, 0.1) is 0 Å². The Kier molecular flexibility index (Phi) is 9.75. The third-order valence-electron chi connectivity index (χ3n) is 3.18. The van der Waals surface area contributed by atoms with Crippen LogP contribution in [0.2, 0.25) is 0 Å². The summed E-state index contributed by atoms with van der Waals surface area (Å²) in [4.78, 5) is 8.07. The van der Waals surface area contributed by atoms with Crippen molar-refractivity contribution in [3.05, 3.63) is 0 Å². The van der Waals surface area contributed by atoms with Crippen molar-refractivity contribution in [2.24, 2.45) is 0 Å². The molecule has 0 radical (unpaired) electrons. The fourth-order valence-electron chi connectivity index (χ4n) is 2.44. The van der Waals surface area contributed by atoms with Crippen molar-refractivity contribution < 1.29 is 99.0 Å². The highest BCUT2D eigenvalue weighted by Gasteiger charge is 2.61. The highest BCUT2D eigenvalue weighted by Crippen LogP contribution is 2.36. The molecule has 32 heavy (non-hydrogen) atoms. The molecule has 1 aliphatic carbocycles. The maximum Gasteiger partial charge on any atom is 0.397 e. The molecule has 0 saturated heterocycles. The molecule has 1 aliphatic rings. The Morgan fingerprint density at radius 1 is 0.406 bits per heavy atom. The molecule has 0 aromatic rings. The summed E-state index contributed by atoms with van der Waals surface area (Å²) in [5.74, 6) is 0. The molecule has 0 aromatic heterocycles. The maximum absolute atomic E-state index is 11.2. The number of hydrogen-bond donors (Lipinski definition) is 6. The average molecular weight is 564 g/mol. The van der Waals surface area contributed by atoms with Crippen molar-refractivity contribution in [1.82, 2.24) is 0 Å². The van der Waals surface area contributed by atoms with E-state index in [0.717, 1.165) is 0 Å². The molecule has 1 fully saturated rings. The molecule has 0 aliphatic heterocycles. The van der Waals surface area contributed by atoms with Gasteiger partial charge in [-0.1, -0.05) is 10.1 Å². The molecule has 192 valence electrons. The van der Waals surface area contributed by atoms with Gasteiger partial charge in [0.25, 0.3) is 0 Å². The minimum absolute atomic E-state index is 2.69. The van der Waals surface area contributed by atoms with E-state index in [-0.39, 0.29) is 0 Å². The van der Waals surface area contributed by atoms with Crippen molar-refractivity contribution in [3.8, 4) is 0 Å². The highest BCUT2D eigenvalue weighted by atomic mass is 32.3. The Hall–Kier alpha value is -0.760. The van der Waals surface area contributed by atoms with Crippen LogP contribution in [0.25, 0.3) is 0 Å². The lowest BCUT2D eigenvalue weighted by atomic mass is 9.85. The Morgan fingerprint density at radius 2 is 0.594 bits per heavy atom. The lowest BCUT2D eigenvalue weighted by Gasteiger charge is -2.44. The second-order valence-electron chi connectivity index (χ2n) is 5.23. The number of rotatable bonds is 12. The van der Waals surface area contributed by atoms with Gasteiger partial charge in [-0.3, -0.25) is 18.2 Å².